The minimum absolute atomic E-state index is 0.144. The molecule has 1 atom stereocenters. The third-order valence-electron chi connectivity index (χ3n) is 4.17. The van der Waals surface area contributed by atoms with Crippen LogP contribution in [0, 0.1) is 13.8 Å². The van der Waals surface area contributed by atoms with Gasteiger partial charge in [0.05, 0.1) is 17.1 Å². The van der Waals surface area contributed by atoms with Crippen LogP contribution in [0.4, 0.5) is 0 Å². The quantitative estimate of drug-likeness (QED) is 0.689. The van der Waals surface area contributed by atoms with E-state index in [-0.39, 0.29) is 12.3 Å². The highest BCUT2D eigenvalue weighted by Crippen LogP contribution is 2.29. The summed E-state index contributed by atoms with van der Waals surface area (Å²) in [6, 6.07) is 16.2. The maximum Gasteiger partial charge on any atom is 0.244 e. The first-order chi connectivity index (χ1) is 12.9. The molecule has 3 N–H and O–H groups in total. The number of nitrogens with zero attached hydrogens (tertiary/aromatic N) is 1. The van der Waals surface area contributed by atoms with Gasteiger partial charge in [-0.3, -0.25) is 9.59 Å². The molecule has 0 spiro atoms. The average Bonchev–Trinajstić information content (AvgIpc) is 3.01. The molecule has 0 fully saturated rings. The molecule has 0 aliphatic carbocycles. The fourth-order valence-corrected chi connectivity index (χ4v) is 3.81. The Morgan fingerprint density at radius 1 is 1.07 bits per heavy atom. The van der Waals surface area contributed by atoms with Gasteiger partial charge in [0, 0.05) is 10.4 Å². The molecule has 2 amide bonds. The van der Waals surface area contributed by atoms with Crippen LogP contribution in [0.25, 0.3) is 11.3 Å². The highest BCUT2D eigenvalue weighted by molar-refractivity contribution is 7.12. The van der Waals surface area contributed by atoms with Crippen molar-refractivity contribution in [1.29, 1.82) is 0 Å². The average molecular weight is 379 g/mol. The molecule has 0 aliphatic heterocycles. The van der Waals surface area contributed by atoms with Gasteiger partial charge in [0.25, 0.3) is 0 Å². The molecule has 5 nitrogen and oxygen atoms in total. The molecule has 27 heavy (non-hydrogen) atoms. The Morgan fingerprint density at radius 3 is 2.37 bits per heavy atom. The largest absolute Gasteiger partial charge is 0.368 e. The molecule has 1 unspecified atom stereocenters. The molecule has 2 aromatic carbocycles. The molecular weight excluding hydrogens is 358 g/mol. The number of hydrogen-bond acceptors (Lipinski definition) is 4. The van der Waals surface area contributed by atoms with Gasteiger partial charge in [-0.1, -0.05) is 60.2 Å². The van der Waals surface area contributed by atoms with Crippen LogP contribution in [0.15, 0.2) is 54.6 Å². The minimum atomic E-state index is -0.851. The van der Waals surface area contributed by atoms with E-state index in [9.17, 15) is 9.59 Å². The maximum atomic E-state index is 12.6. The molecule has 3 rings (SSSR count). The van der Waals surface area contributed by atoms with Crippen molar-refractivity contribution in [3.63, 3.8) is 0 Å². The summed E-state index contributed by atoms with van der Waals surface area (Å²) in [5, 5.41) is 3.64. The monoisotopic (exact) mass is 379 g/mol. The number of nitrogens with one attached hydrogen (secondary N) is 1. The lowest BCUT2D eigenvalue weighted by molar-refractivity contribution is -0.127. The molecule has 6 heteroatoms. The summed E-state index contributed by atoms with van der Waals surface area (Å²) in [7, 11) is 0. The molecule has 0 saturated carbocycles. The van der Waals surface area contributed by atoms with Crippen LogP contribution >= 0.6 is 11.3 Å². The number of primary amides is 1. The Balaban J connectivity index is 1.80. The summed E-state index contributed by atoms with van der Waals surface area (Å²) < 4.78 is 0. The molecule has 0 aliphatic rings. The van der Waals surface area contributed by atoms with Crippen LogP contribution in [0.3, 0.4) is 0 Å². The van der Waals surface area contributed by atoms with Gasteiger partial charge >= 0.3 is 0 Å². The standard InChI is InChI=1S/C21H21N3O2S/c1-13-8-10-16(11-9-13)19-17(27-14(2)23-19)12-18(25)24-20(21(22)26)15-6-4-3-5-7-15/h3-11,20H,12H2,1-2H3,(H2,22,26)(H,24,25). The lowest BCUT2D eigenvalue weighted by atomic mass is 10.1. The van der Waals surface area contributed by atoms with Crippen LogP contribution in [0.5, 0.6) is 0 Å². The Hall–Kier alpha value is -2.99. The molecule has 1 heterocycles. The van der Waals surface area contributed by atoms with E-state index in [1.165, 1.54) is 11.3 Å². The molecular formula is C21H21N3O2S. The lowest BCUT2D eigenvalue weighted by Gasteiger charge is -2.15. The normalized spacial score (nSPS) is 11.8. The van der Waals surface area contributed by atoms with E-state index < -0.39 is 11.9 Å². The first kappa shape index (κ1) is 18.8. The van der Waals surface area contributed by atoms with E-state index in [4.69, 9.17) is 5.73 Å². The predicted octanol–water partition coefficient (Wildman–Crippen LogP) is 3.31. The van der Waals surface area contributed by atoms with Crippen LogP contribution in [-0.2, 0) is 16.0 Å². The maximum absolute atomic E-state index is 12.6. The van der Waals surface area contributed by atoms with Gasteiger partial charge in [0.1, 0.15) is 6.04 Å². The minimum Gasteiger partial charge on any atom is -0.368 e. The summed E-state index contributed by atoms with van der Waals surface area (Å²) >= 11 is 1.48. The van der Waals surface area contributed by atoms with E-state index in [1.54, 1.807) is 24.3 Å². The molecule has 3 aromatic rings. The molecule has 0 saturated heterocycles. The summed E-state index contributed by atoms with van der Waals surface area (Å²) in [5.41, 5.74) is 9.10. The number of carbonyl (C=O) groups is 2. The summed E-state index contributed by atoms with van der Waals surface area (Å²) in [6.45, 7) is 3.94. The van der Waals surface area contributed by atoms with Gasteiger partial charge in [-0.25, -0.2) is 4.98 Å². The fourth-order valence-electron chi connectivity index (χ4n) is 2.85. The smallest absolute Gasteiger partial charge is 0.244 e. The number of amides is 2. The van der Waals surface area contributed by atoms with Gasteiger partial charge in [0.2, 0.25) is 11.8 Å². The first-order valence-corrected chi connectivity index (χ1v) is 9.42. The van der Waals surface area contributed by atoms with Crippen molar-refractivity contribution >= 4 is 23.2 Å². The van der Waals surface area contributed by atoms with Crippen LogP contribution in [0.2, 0.25) is 0 Å². The number of aromatic nitrogens is 1. The van der Waals surface area contributed by atoms with Gasteiger partial charge < -0.3 is 11.1 Å². The second kappa shape index (κ2) is 8.14. The lowest BCUT2D eigenvalue weighted by Crippen LogP contribution is -2.38. The van der Waals surface area contributed by atoms with Crippen molar-refractivity contribution < 1.29 is 9.59 Å². The molecule has 138 valence electrons. The van der Waals surface area contributed by atoms with E-state index in [0.29, 0.717) is 5.56 Å². The van der Waals surface area contributed by atoms with Crippen molar-refractivity contribution in [3.05, 3.63) is 75.6 Å². The number of thiazole rings is 1. The highest BCUT2D eigenvalue weighted by Gasteiger charge is 2.22. The second-order valence-electron chi connectivity index (χ2n) is 6.36. The van der Waals surface area contributed by atoms with Crippen molar-refractivity contribution in [1.82, 2.24) is 10.3 Å². The zero-order valence-corrected chi connectivity index (χ0v) is 16.0. The molecule has 0 radical (unpaired) electrons. The number of carbonyl (C=O) groups excluding carboxylic acids is 2. The Labute approximate surface area is 162 Å². The number of benzene rings is 2. The van der Waals surface area contributed by atoms with Gasteiger partial charge in [0.15, 0.2) is 0 Å². The number of rotatable bonds is 6. The number of nitrogens with two attached hydrogens (primary N) is 1. The van der Waals surface area contributed by atoms with E-state index in [0.717, 1.165) is 26.7 Å². The predicted molar refractivity (Wildman–Crippen MR) is 107 cm³/mol. The molecule has 0 bridgehead atoms. The van der Waals surface area contributed by atoms with Crippen molar-refractivity contribution in [2.45, 2.75) is 26.3 Å². The summed E-state index contributed by atoms with van der Waals surface area (Å²) in [5.74, 6) is -0.853. The summed E-state index contributed by atoms with van der Waals surface area (Å²) in [4.78, 5) is 29.9. The van der Waals surface area contributed by atoms with E-state index in [2.05, 4.69) is 10.3 Å². The van der Waals surface area contributed by atoms with Crippen molar-refractivity contribution in [2.75, 3.05) is 0 Å². The van der Waals surface area contributed by atoms with Crippen molar-refractivity contribution in [3.8, 4) is 11.3 Å². The van der Waals surface area contributed by atoms with Gasteiger partial charge in [-0.15, -0.1) is 11.3 Å². The SMILES string of the molecule is Cc1ccc(-c2nc(C)sc2CC(=O)NC(C(N)=O)c2ccccc2)cc1. The number of aryl methyl sites for hydroxylation is 2. The topological polar surface area (TPSA) is 85.1 Å². The van der Waals surface area contributed by atoms with E-state index in [1.807, 2.05) is 44.2 Å². The molecule has 1 aromatic heterocycles. The third-order valence-corrected chi connectivity index (χ3v) is 5.14. The van der Waals surface area contributed by atoms with Gasteiger partial charge in [-0.05, 0) is 19.4 Å². The number of hydrogen-bond donors (Lipinski definition) is 2. The Kier molecular flexibility index (Phi) is 5.66. The van der Waals surface area contributed by atoms with Gasteiger partial charge in [-0.2, -0.15) is 0 Å². The van der Waals surface area contributed by atoms with Crippen LogP contribution < -0.4 is 11.1 Å². The zero-order chi connectivity index (χ0) is 19.4. The van der Waals surface area contributed by atoms with Crippen LogP contribution in [-0.4, -0.2) is 16.8 Å². The van der Waals surface area contributed by atoms with Crippen molar-refractivity contribution in [2.24, 2.45) is 5.73 Å². The summed E-state index contributed by atoms with van der Waals surface area (Å²) in [6.07, 6.45) is 0.144. The Morgan fingerprint density at radius 2 is 1.74 bits per heavy atom. The highest BCUT2D eigenvalue weighted by atomic mass is 32.1. The second-order valence-corrected chi connectivity index (χ2v) is 7.65. The van der Waals surface area contributed by atoms with E-state index >= 15 is 0 Å². The first-order valence-electron chi connectivity index (χ1n) is 8.61. The Bertz CT molecular complexity index is 949. The third kappa shape index (κ3) is 4.60. The zero-order valence-electron chi connectivity index (χ0n) is 15.2. The van der Waals surface area contributed by atoms with Crippen LogP contribution in [0.1, 0.15) is 27.1 Å². The fraction of sp³-hybridized carbons (Fsp3) is 0.190.